The summed E-state index contributed by atoms with van der Waals surface area (Å²) in [6.45, 7) is 7.17. The van der Waals surface area contributed by atoms with Crippen LogP contribution >= 0.6 is 0 Å². The van der Waals surface area contributed by atoms with Crippen molar-refractivity contribution in [3.63, 3.8) is 0 Å². The number of piperazine rings is 1. The highest BCUT2D eigenvalue weighted by Crippen LogP contribution is 2.47. The molecule has 0 aliphatic carbocycles. The maximum absolute atomic E-state index is 13.3. The minimum atomic E-state index is -0.962. The number of anilines is 2. The topological polar surface area (TPSA) is 123 Å². The molecule has 282 valence electrons. The summed E-state index contributed by atoms with van der Waals surface area (Å²) in [5, 5.41) is 12.4. The maximum atomic E-state index is 13.3. The van der Waals surface area contributed by atoms with Gasteiger partial charge in [0.05, 0.1) is 17.7 Å². The van der Waals surface area contributed by atoms with E-state index in [9.17, 15) is 24.3 Å². The molecule has 0 saturated carbocycles. The number of carbonyl (C=O) groups is 4. The van der Waals surface area contributed by atoms with Gasteiger partial charge in [0.25, 0.3) is 11.8 Å². The molecule has 9 rings (SSSR count). The summed E-state index contributed by atoms with van der Waals surface area (Å²) in [5.74, 6) is -0.0393. The fraction of sp³-hybridized carbons (Fsp3) is 0.364. The van der Waals surface area contributed by atoms with Crippen LogP contribution in [0.1, 0.15) is 74.9 Å². The van der Waals surface area contributed by atoms with Gasteiger partial charge in [-0.3, -0.25) is 34.3 Å². The van der Waals surface area contributed by atoms with Crippen LogP contribution in [0.5, 0.6) is 11.5 Å². The quantitative estimate of drug-likeness (QED) is 0.248. The first-order chi connectivity index (χ1) is 26.8. The number of rotatable bonds is 7. The van der Waals surface area contributed by atoms with Crippen LogP contribution in [0.3, 0.4) is 0 Å². The second-order valence-corrected chi connectivity index (χ2v) is 15.5. The third-order valence-electron chi connectivity index (χ3n) is 12.3. The average Bonchev–Trinajstić information content (AvgIpc) is 3.46. The molecule has 4 amide bonds. The smallest absolute Gasteiger partial charge is 0.262 e. The Kier molecular flexibility index (Phi) is 9.25. The molecule has 11 nitrogen and oxygen atoms in total. The summed E-state index contributed by atoms with van der Waals surface area (Å²) in [7, 11) is 0. The molecule has 0 spiro atoms. The molecule has 2 unspecified atom stereocenters. The first-order valence-corrected chi connectivity index (χ1v) is 19.5. The number of amides is 4. The van der Waals surface area contributed by atoms with E-state index in [1.165, 1.54) is 16.8 Å². The number of imide groups is 2. The molecule has 3 fully saturated rings. The lowest BCUT2D eigenvalue weighted by atomic mass is 9.76. The zero-order chi connectivity index (χ0) is 37.6. The number of ether oxygens (including phenoxy) is 1. The van der Waals surface area contributed by atoms with E-state index < -0.39 is 23.8 Å². The molecule has 0 radical (unpaired) electrons. The molecule has 0 bridgehead atoms. The molecule has 3 atom stereocenters. The van der Waals surface area contributed by atoms with Crippen molar-refractivity contribution in [1.29, 1.82) is 0 Å². The fourth-order valence-corrected chi connectivity index (χ4v) is 9.27. The molecule has 5 aliphatic rings. The molecule has 5 aliphatic heterocycles. The van der Waals surface area contributed by atoms with Crippen LogP contribution in [-0.2, 0) is 9.59 Å². The van der Waals surface area contributed by atoms with Gasteiger partial charge < -0.3 is 19.6 Å². The van der Waals surface area contributed by atoms with Crippen LogP contribution in [0.2, 0.25) is 0 Å². The van der Waals surface area contributed by atoms with Gasteiger partial charge in [0.1, 0.15) is 17.5 Å². The number of hydrogen-bond acceptors (Lipinski definition) is 9. The Hall–Kier alpha value is -5.68. The number of nitrogens with one attached hydrogen (secondary N) is 1. The third kappa shape index (κ3) is 6.71. The Balaban J connectivity index is 0.788. The first kappa shape index (κ1) is 35.0. The lowest BCUT2D eigenvalue weighted by Gasteiger charge is -2.40. The predicted octanol–water partition coefficient (Wildman–Crippen LogP) is 5.14. The van der Waals surface area contributed by atoms with Crippen molar-refractivity contribution in [3.05, 3.63) is 119 Å². The number of nitrogens with zero attached hydrogens (tertiary/aromatic N) is 4. The van der Waals surface area contributed by atoms with E-state index in [2.05, 4.69) is 68.5 Å². The Morgan fingerprint density at radius 2 is 1.40 bits per heavy atom. The van der Waals surface area contributed by atoms with Gasteiger partial charge in [-0.2, -0.15) is 0 Å². The number of hydrogen-bond donors (Lipinski definition) is 2. The number of benzene rings is 4. The summed E-state index contributed by atoms with van der Waals surface area (Å²) < 4.78 is 6.16. The number of phenols is 1. The highest BCUT2D eigenvalue weighted by atomic mass is 16.5. The predicted molar refractivity (Wildman–Crippen MR) is 208 cm³/mol. The number of aromatic hydroxyl groups is 1. The van der Waals surface area contributed by atoms with Gasteiger partial charge in [-0.1, -0.05) is 48.5 Å². The second-order valence-electron chi connectivity index (χ2n) is 15.5. The van der Waals surface area contributed by atoms with Crippen molar-refractivity contribution >= 4 is 35.0 Å². The molecule has 5 heterocycles. The lowest BCUT2D eigenvalue weighted by molar-refractivity contribution is -0.136. The Labute approximate surface area is 320 Å². The van der Waals surface area contributed by atoms with Gasteiger partial charge in [-0.15, -0.1) is 0 Å². The Morgan fingerprint density at radius 1 is 0.691 bits per heavy atom. The zero-order valence-electron chi connectivity index (χ0n) is 30.7. The van der Waals surface area contributed by atoms with Crippen molar-refractivity contribution in [1.82, 2.24) is 15.1 Å². The minimum Gasteiger partial charge on any atom is -0.508 e. The highest BCUT2D eigenvalue weighted by molar-refractivity contribution is 6.23. The van der Waals surface area contributed by atoms with E-state index in [-0.39, 0.29) is 36.3 Å². The molecule has 55 heavy (non-hydrogen) atoms. The van der Waals surface area contributed by atoms with Gasteiger partial charge in [-0.05, 0) is 72.7 Å². The third-order valence-corrected chi connectivity index (χ3v) is 12.3. The van der Waals surface area contributed by atoms with E-state index in [0.29, 0.717) is 23.7 Å². The molecule has 4 aromatic carbocycles. The number of carbonyl (C=O) groups excluding carboxylic acids is 4. The maximum Gasteiger partial charge on any atom is 0.262 e. The monoisotopic (exact) mass is 739 g/mol. The normalized spacial score (nSPS) is 23.3. The summed E-state index contributed by atoms with van der Waals surface area (Å²) >= 11 is 0. The highest BCUT2D eigenvalue weighted by Gasteiger charge is 2.45. The molecular formula is C44H45N5O6. The van der Waals surface area contributed by atoms with Crippen molar-refractivity contribution in [2.24, 2.45) is 5.92 Å². The van der Waals surface area contributed by atoms with Crippen LogP contribution in [0, 0.1) is 5.92 Å². The number of phenolic OH excluding ortho intramolecular Hbond substituents is 1. The van der Waals surface area contributed by atoms with E-state index >= 15 is 0 Å². The number of fused-ring (bicyclic) bond motifs is 2. The summed E-state index contributed by atoms with van der Waals surface area (Å²) in [4.78, 5) is 58.9. The lowest BCUT2D eigenvalue weighted by Crippen LogP contribution is -2.54. The molecule has 11 heteroatoms. The second kappa shape index (κ2) is 14.5. The van der Waals surface area contributed by atoms with Gasteiger partial charge in [0.2, 0.25) is 11.8 Å². The van der Waals surface area contributed by atoms with Crippen molar-refractivity contribution in [2.45, 2.75) is 43.6 Å². The standard InChI is InChI=1S/C44H45N5O6/c50-33-11-13-35-39(25-33)55-27-37(29-4-2-1-3-5-29)41(35)30-6-8-31(9-7-30)47-18-16-28(17-19-47)26-46-20-22-48(23-21-46)32-10-12-34-36(24-32)44(54)49(43(34)53)38-14-15-40(51)45-42(38)52/h1-13,24-25,28,37-38,41,50H,14-23,26-27H2,(H,45,51,52)/t37?,38?,41-/m1/s1. The van der Waals surface area contributed by atoms with Crippen LogP contribution in [0.4, 0.5) is 11.4 Å². The van der Waals surface area contributed by atoms with Crippen LogP contribution in [0.15, 0.2) is 91.0 Å². The molecule has 2 N–H and O–H groups in total. The van der Waals surface area contributed by atoms with Gasteiger partial charge in [0, 0.05) is 87.1 Å². The Morgan fingerprint density at radius 3 is 2.15 bits per heavy atom. The minimum absolute atomic E-state index is 0.101. The zero-order valence-corrected chi connectivity index (χ0v) is 30.7. The largest absolute Gasteiger partial charge is 0.508 e. The number of piperidine rings is 2. The fourth-order valence-electron chi connectivity index (χ4n) is 9.27. The average molecular weight is 740 g/mol. The molecule has 4 aromatic rings. The van der Waals surface area contributed by atoms with E-state index in [4.69, 9.17) is 4.74 Å². The van der Waals surface area contributed by atoms with E-state index in [0.717, 1.165) is 80.6 Å². The van der Waals surface area contributed by atoms with E-state index in [1.54, 1.807) is 24.3 Å². The molecule has 0 aromatic heterocycles. The first-order valence-electron chi connectivity index (χ1n) is 19.5. The van der Waals surface area contributed by atoms with Gasteiger partial charge in [-0.25, -0.2) is 0 Å². The van der Waals surface area contributed by atoms with Crippen molar-refractivity contribution in [3.8, 4) is 11.5 Å². The SMILES string of the molecule is O=C1CCC(N2C(=O)c3ccc(N4CCN(CC5CCN(c6ccc([C@@H]7c8ccc(O)cc8OCC7c7ccccc7)cc6)CC5)CC4)cc3C2=O)C(=O)N1. The van der Waals surface area contributed by atoms with Gasteiger partial charge >= 0.3 is 0 Å². The van der Waals surface area contributed by atoms with Gasteiger partial charge in [0.15, 0.2) is 0 Å². The van der Waals surface area contributed by atoms with Crippen molar-refractivity contribution < 1.29 is 29.0 Å². The van der Waals surface area contributed by atoms with Crippen molar-refractivity contribution in [2.75, 3.05) is 62.2 Å². The van der Waals surface area contributed by atoms with Crippen LogP contribution < -0.4 is 19.9 Å². The van der Waals surface area contributed by atoms with Crippen LogP contribution in [0.25, 0.3) is 0 Å². The molecule has 3 saturated heterocycles. The van der Waals surface area contributed by atoms with E-state index in [1.807, 2.05) is 18.2 Å². The van der Waals surface area contributed by atoms with Crippen LogP contribution in [-0.4, -0.2) is 97.0 Å². The summed E-state index contributed by atoms with van der Waals surface area (Å²) in [6, 6.07) is 29.5. The summed E-state index contributed by atoms with van der Waals surface area (Å²) in [5.41, 5.74) is 6.38. The molecular weight excluding hydrogens is 695 g/mol. The summed E-state index contributed by atoms with van der Waals surface area (Å²) in [6.07, 6.45) is 2.52. The Bertz CT molecular complexity index is 2120.